The average molecular weight is 260 g/mol. The number of halogens is 1. The molecule has 1 rings (SSSR count). The van der Waals surface area contributed by atoms with Gasteiger partial charge in [-0.25, -0.2) is 0 Å². The van der Waals surface area contributed by atoms with Crippen molar-refractivity contribution in [2.24, 2.45) is 0 Å². The molecule has 17 heavy (non-hydrogen) atoms. The molecule has 0 aliphatic heterocycles. The van der Waals surface area contributed by atoms with Gasteiger partial charge in [0.25, 0.3) is 0 Å². The minimum atomic E-state index is -0.794. The lowest BCUT2D eigenvalue weighted by molar-refractivity contribution is 0.0695. The molecule has 0 fully saturated rings. The summed E-state index contributed by atoms with van der Waals surface area (Å²) >= 11 is 5.79. The first kappa shape index (κ1) is 13.9. The van der Waals surface area contributed by atoms with Crippen molar-refractivity contribution >= 4 is 23.5 Å². The predicted molar refractivity (Wildman–Crippen MR) is 68.6 cm³/mol. The molecule has 1 aromatic heterocycles. The van der Waals surface area contributed by atoms with Crippen LogP contribution in [0.3, 0.4) is 0 Å². The van der Waals surface area contributed by atoms with Crippen LogP contribution in [0.15, 0.2) is 0 Å². The number of hydrogen-bond acceptors (Lipinski definition) is 6. The van der Waals surface area contributed by atoms with Gasteiger partial charge in [-0.05, 0) is 24.9 Å². The number of rotatable bonds is 5. The molecule has 0 saturated carbocycles. The van der Waals surface area contributed by atoms with Crippen LogP contribution >= 0.6 is 11.6 Å². The lowest BCUT2D eigenvalue weighted by Gasteiger charge is -2.21. The number of hydrogen-bond donors (Lipinski definition) is 2. The molecule has 1 heterocycles. The highest BCUT2D eigenvalue weighted by molar-refractivity contribution is 6.28. The van der Waals surface area contributed by atoms with Crippen molar-refractivity contribution in [1.29, 1.82) is 0 Å². The number of aromatic nitrogens is 3. The Morgan fingerprint density at radius 1 is 1.35 bits per heavy atom. The standard InChI is InChI=1S/C10H18ClN5O/c1-5-10(2,17)6-12-8-13-7(11)14-9(15-8)16(3)4/h17H,5-6H2,1-4H3,(H,12,13,14,15). The summed E-state index contributed by atoms with van der Waals surface area (Å²) in [5.41, 5.74) is -0.794. The van der Waals surface area contributed by atoms with Gasteiger partial charge in [-0.2, -0.15) is 15.0 Å². The molecule has 1 aromatic rings. The lowest BCUT2D eigenvalue weighted by atomic mass is 10.0. The van der Waals surface area contributed by atoms with Gasteiger partial charge in [-0.1, -0.05) is 6.92 Å². The maximum atomic E-state index is 9.86. The van der Waals surface area contributed by atoms with E-state index in [0.717, 1.165) is 0 Å². The Kier molecular flexibility index (Phi) is 4.47. The van der Waals surface area contributed by atoms with E-state index in [4.69, 9.17) is 11.6 Å². The van der Waals surface area contributed by atoms with Gasteiger partial charge in [0, 0.05) is 20.6 Å². The maximum Gasteiger partial charge on any atom is 0.230 e. The fourth-order valence-corrected chi connectivity index (χ4v) is 1.17. The smallest absolute Gasteiger partial charge is 0.230 e. The van der Waals surface area contributed by atoms with Gasteiger partial charge in [0.05, 0.1) is 5.60 Å². The summed E-state index contributed by atoms with van der Waals surface area (Å²) < 4.78 is 0. The zero-order chi connectivity index (χ0) is 13.1. The van der Waals surface area contributed by atoms with Crippen molar-refractivity contribution < 1.29 is 5.11 Å². The molecule has 6 nitrogen and oxygen atoms in total. The molecule has 0 aromatic carbocycles. The van der Waals surface area contributed by atoms with E-state index >= 15 is 0 Å². The molecule has 7 heteroatoms. The molecule has 0 saturated heterocycles. The first-order valence-electron chi connectivity index (χ1n) is 5.39. The van der Waals surface area contributed by atoms with Gasteiger partial charge in [0.2, 0.25) is 17.2 Å². The second kappa shape index (κ2) is 5.46. The van der Waals surface area contributed by atoms with Crippen molar-refractivity contribution in [3.05, 3.63) is 5.28 Å². The molecule has 0 spiro atoms. The molecule has 1 unspecified atom stereocenters. The van der Waals surface area contributed by atoms with Gasteiger partial charge in [-0.15, -0.1) is 0 Å². The number of nitrogens with zero attached hydrogens (tertiary/aromatic N) is 4. The lowest BCUT2D eigenvalue weighted by Crippen LogP contribution is -2.33. The molecule has 0 aliphatic rings. The van der Waals surface area contributed by atoms with Crippen LogP contribution < -0.4 is 10.2 Å². The molecule has 0 bridgehead atoms. The monoisotopic (exact) mass is 259 g/mol. The zero-order valence-electron chi connectivity index (χ0n) is 10.5. The molecule has 0 radical (unpaired) electrons. The van der Waals surface area contributed by atoms with E-state index in [9.17, 15) is 5.11 Å². The second-order valence-corrected chi connectivity index (χ2v) is 4.66. The minimum Gasteiger partial charge on any atom is -0.388 e. The summed E-state index contributed by atoms with van der Waals surface area (Å²) in [5.74, 6) is 0.839. The van der Waals surface area contributed by atoms with Crippen LogP contribution in [0.25, 0.3) is 0 Å². The molecule has 96 valence electrons. The maximum absolute atomic E-state index is 9.86. The van der Waals surface area contributed by atoms with Gasteiger partial charge in [-0.3, -0.25) is 0 Å². The summed E-state index contributed by atoms with van der Waals surface area (Å²) in [6.07, 6.45) is 0.638. The van der Waals surface area contributed by atoms with Crippen molar-refractivity contribution in [3.63, 3.8) is 0 Å². The van der Waals surface area contributed by atoms with Gasteiger partial charge >= 0.3 is 0 Å². The quantitative estimate of drug-likeness (QED) is 0.827. The Morgan fingerprint density at radius 3 is 2.53 bits per heavy atom. The topological polar surface area (TPSA) is 74.2 Å². The molecule has 2 N–H and O–H groups in total. The van der Waals surface area contributed by atoms with Crippen LogP contribution in [0.4, 0.5) is 11.9 Å². The van der Waals surface area contributed by atoms with E-state index in [1.165, 1.54) is 0 Å². The second-order valence-electron chi connectivity index (χ2n) is 4.33. The normalized spacial score (nSPS) is 14.2. The molecular formula is C10H18ClN5O. The van der Waals surface area contributed by atoms with Gasteiger partial charge in [0.1, 0.15) is 0 Å². The molecule has 0 amide bonds. The Balaban J connectivity index is 2.78. The minimum absolute atomic E-state index is 0.127. The van der Waals surface area contributed by atoms with Crippen LogP contribution in [-0.4, -0.2) is 46.3 Å². The first-order valence-corrected chi connectivity index (χ1v) is 5.77. The van der Waals surface area contributed by atoms with Gasteiger partial charge in [0.15, 0.2) is 0 Å². The largest absolute Gasteiger partial charge is 0.388 e. The van der Waals surface area contributed by atoms with E-state index < -0.39 is 5.60 Å². The van der Waals surface area contributed by atoms with Crippen molar-refractivity contribution in [2.75, 3.05) is 30.9 Å². The Hall–Kier alpha value is -1.14. The summed E-state index contributed by atoms with van der Waals surface area (Å²) in [7, 11) is 3.63. The first-order chi connectivity index (χ1) is 7.84. The molecule has 1 atom stereocenters. The fraction of sp³-hybridized carbons (Fsp3) is 0.700. The van der Waals surface area contributed by atoms with Crippen LogP contribution in [0.5, 0.6) is 0 Å². The Bertz CT molecular complexity index is 383. The highest BCUT2D eigenvalue weighted by Crippen LogP contribution is 2.13. The van der Waals surface area contributed by atoms with Crippen molar-refractivity contribution in [2.45, 2.75) is 25.9 Å². The summed E-state index contributed by atoms with van der Waals surface area (Å²) in [5, 5.41) is 12.9. The summed E-state index contributed by atoms with van der Waals surface area (Å²) in [6.45, 7) is 4.01. The van der Waals surface area contributed by atoms with E-state index in [2.05, 4.69) is 20.3 Å². The Labute approximate surface area is 106 Å². The van der Waals surface area contributed by atoms with E-state index in [1.54, 1.807) is 11.8 Å². The van der Waals surface area contributed by atoms with E-state index in [-0.39, 0.29) is 5.28 Å². The van der Waals surface area contributed by atoms with E-state index in [0.29, 0.717) is 24.9 Å². The van der Waals surface area contributed by atoms with Crippen LogP contribution in [-0.2, 0) is 0 Å². The summed E-state index contributed by atoms with van der Waals surface area (Å²) in [6, 6.07) is 0. The van der Waals surface area contributed by atoms with Gasteiger partial charge < -0.3 is 15.3 Å². The highest BCUT2D eigenvalue weighted by atomic mass is 35.5. The zero-order valence-corrected chi connectivity index (χ0v) is 11.3. The SMILES string of the molecule is CCC(C)(O)CNc1nc(Cl)nc(N(C)C)n1. The van der Waals surface area contributed by atoms with Crippen molar-refractivity contribution in [3.8, 4) is 0 Å². The number of aliphatic hydroxyl groups is 1. The van der Waals surface area contributed by atoms with Crippen LogP contribution in [0.1, 0.15) is 20.3 Å². The molecule has 0 aliphatic carbocycles. The van der Waals surface area contributed by atoms with Crippen molar-refractivity contribution in [1.82, 2.24) is 15.0 Å². The molecular weight excluding hydrogens is 242 g/mol. The Morgan fingerprint density at radius 2 is 2.00 bits per heavy atom. The average Bonchev–Trinajstić information content (AvgIpc) is 2.26. The summed E-state index contributed by atoms with van der Waals surface area (Å²) in [4.78, 5) is 13.8. The van der Waals surface area contributed by atoms with Crippen LogP contribution in [0.2, 0.25) is 5.28 Å². The third-order valence-corrected chi connectivity index (χ3v) is 2.55. The fourth-order valence-electron chi connectivity index (χ4n) is 1.01. The number of anilines is 2. The number of nitrogens with one attached hydrogen (secondary N) is 1. The third kappa shape index (κ3) is 4.32. The van der Waals surface area contributed by atoms with Crippen LogP contribution in [0, 0.1) is 0 Å². The predicted octanol–water partition coefficient (Wildman–Crippen LogP) is 1.16. The third-order valence-electron chi connectivity index (χ3n) is 2.39. The highest BCUT2D eigenvalue weighted by Gasteiger charge is 2.18. The van der Waals surface area contributed by atoms with E-state index in [1.807, 2.05) is 21.0 Å².